The molecule has 2 heterocycles. The van der Waals surface area contributed by atoms with Crippen LogP contribution in [-0.2, 0) is 14.8 Å². The average molecular weight is 456 g/mol. The average Bonchev–Trinajstić information content (AvgIpc) is 3.19. The number of amides is 2. The molecule has 8 heteroatoms. The van der Waals surface area contributed by atoms with E-state index in [0.29, 0.717) is 54.8 Å². The van der Waals surface area contributed by atoms with Gasteiger partial charge in [-0.05, 0) is 67.1 Å². The van der Waals surface area contributed by atoms with Crippen LogP contribution in [0.4, 0.5) is 11.4 Å². The minimum atomic E-state index is -3.56. The fraction of sp³-hybridized carbons (Fsp3) is 0.417. The van der Waals surface area contributed by atoms with E-state index in [9.17, 15) is 18.0 Å². The first-order chi connectivity index (χ1) is 15.2. The van der Waals surface area contributed by atoms with E-state index in [0.717, 1.165) is 12.8 Å². The summed E-state index contributed by atoms with van der Waals surface area (Å²) in [4.78, 5) is 26.6. The highest BCUT2D eigenvalue weighted by molar-refractivity contribution is 7.89. The highest BCUT2D eigenvalue weighted by Crippen LogP contribution is 2.27. The molecule has 2 aromatic rings. The monoisotopic (exact) mass is 455 g/mol. The first kappa shape index (κ1) is 22.5. The summed E-state index contributed by atoms with van der Waals surface area (Å²) >= 11 is 0. The number of rotatable bonds is 5. The van der Waals surface area contributed by atoms with Crippen molar-refractivity contribution in [1.29, 1.82) is 0 Å². The fourth-order valence-corrected chi connectivity index (χ4v) is 6.28. The zero-order chi connectivity index (χ0) is 22.9. The van der Waals surface area contributed by atoms with Gasteiger partial charge in [0.05, 0.1) is 4.90 Å². The quantitative estimate of drug-likeness (QED) is 0.744. The van der Waals surface area contributed by atoms with Crippen LogP contribution in [0.2, 0.25) is 0 Å². The Morgan fingerprint density at radius 1 is 1.03 bits per heavy atom. The lowest BCUT2D eigenvalue weighted by molar-refractivity contribution is -0.117. The highest BCUT2D eigenvalue weighted by Gasteiger charge is 2.31. The van der Waals surface area contributed by atoms with Gasteiger partial charge in [-0.2, -0.15) is 4.31 Å². The van der Waals surface area contributed by atoms with Gasteiger partial charge < -0.3 is 10.2 Å². The molecule has 2 saturated heterocycles. The Labute approximate surface area is 189 Å². The molecule has 0 bridgehead atoms. The molecule has 0 unspecified atom stereocenters. The van der Waals surface area contributed by atoms with E-state index in [2.05, 4.69) is 19.2 Å². The van der Waals surface area contributed by atoms with Crippen molar-refractivity contribution < 1.29 is 18.0 Å². The van der Waals surface area contributed by atoms with Gasteiger partial charge in [0.25, 0.3) is 5.91 Å². The smallest absolute Gasteiger partial charge is 0.255 e. The zero-order valence-electron chi connectivity index (χ0n) is 18.5. The summed E-state index contributed by atoms with van der Waals surface area (Å²) in [5, 5.41) is 2.81. The third-order valence-electron chi connectivity index (χ3n) is 6.08. The van der Waals surface area contributed by atoms with Crippen molar-refractivity contribution in [2.75, 3.05) is 29.9 Å². The Hall–Kier alpha value is -2.71. The van der Waals surface area contributed by atoms with Crippen LogP contribution in [0.3, 0.4) is 0 Å². The van der Waals surface area contributed by atoms with Gasteiger partial charge in [-0.1, -0.05) is 19.9 Å². The van der Waals surface area contributed by atoms with Crippen LogP contribution in [0, 0.1) is 11.8 Å². The standard InChI is InChI=1S/C24H29N3O4S/c1-17-13-18(2)16-26(15-17)32(30,31)22-10-8-20(9-11-22)25-24(29)19-5-3-6-21(14-19)27-12-4-7-23(27)28/h3,5-6,8-11,14,17-18H,4,7,12-13,15-16H2,1-2H3,(H,25,29)/t17-,18-/m1/s1. The molecule has 0 spiro atoms. The molecular weight excluding hydrogens is 426 g/mol. The number of hydrogen-bond acceptors (Lipinski definition) is 4. The largest absolute Gasteiger partial charge is 0.322 e. The predicted octanol–water partition coefficient (Wildman–Crippen LogP) is 3.73. The first-order valence-electron chi connectivity index (χ1n) is 11.1. The number of sulfonamides is 1. The Morgan fingerprint density at radius 3 is 2.34 bits per heavy atom. The molecule has 0 saturated carbocycles. The van der Waals surface area contributed by atoms with Crippen molar-refractivity contribution in [2.24, 2.45) is 11.8 Å². The Morgan fingerprint density at radius 2 is 1.72 bits per heavy atom. The second-order valence-electron chi connectivity index (χ2n) is 8.95. The van der Waals surface area contributed by atoms with Crippen molar-refractivity contribution in [3.63, 3.8) is 0 Å². The van der Waals surface area contributed by atoms with Crippen molar-refractivity contribution in [3.8, 4) is 0 Å². The molecule has 2 aliphatic heterocycles. The Bertz CT molecular complexity index is 1100. The van der Waals surface area contributed by atoms with Crippen molar-refractivity contribution in [1.82, 2.24) is 4.31 Å². The molecule has 7 nitrogen and oxygen atoms in total. The van der Waals surface area contributed by atoms with E-state index >= 15 is 0 Å². The lowest BCUT2D eigenvalue weighted by Crippen LogP contribution is -2.42. The number of nitrogens with one attached hydrogen (secondary N) is 1. The van der Waals surface area contributed by atoms with Gasteiger partial charge >= 0.3 is 0 Å². The van der Waals surface area contributed by atoms with Crippen LogP contribution in [0.1, 0.15) is 43.5 Å². The topological polar surface area (TPSA) is 86.8 Å². The minimum Gasteiger partial charge on any atom is -0.322 e. The maximum Gasteiger partial charge on any atom is 0.255 e. The van der Waals surface area contributed by atoms with Gasteiger partial charge in [-0.15, -0.1) is 0 Å². The molecule has 32 heavy (non-hydrogen) atoms. The predicted molar refractivity (Wildman–Crippen MR) is 124 cm³/mol. The summed E-state index contributed by atoms with van der Waals surface area (Å²) in [5.74, 6) is 0.419. The number of carbonyl (C=O) groups is 2. The normalized spacial score (nSPS) is 22.2. The number of carbonyl (C=O) groups excluding carboxylic acids is 2. The van der Waals surface area contributed by atoms with E-state index < -0.39 is 10.0 Å². The number of hydrogen-bond donors (Lipinski definition) is 1. The summed E-state index contributed by atoms with van der Waals surface area (Å²) in [5.41, 5.74) is 1.67. The minimum absolute atomic E-state index is 0.0665. The maximum absolute atomic E-state index is 13.0. The molecule has 0 radical (unpaired) electrons. The Kier molecular flexibility index (Phi) is 6.35. The summed E-state index contributed by atoms with van der Waals surface area (Å²) in [6.45, 7) is 5.87. The van der Waals surface area contributed by atoms with Gasteiger partial charge in [0.15, 0.2) is 0 Å². The summed E-state index contributed by atoms with van der Waals surface area (Å²) in [7, 11) is -3.56. The first-order valence-corrected chi connectivity index (χ1v) is 12.5. The molecule has 2 fully saturated rings. The second-order valence-corrected chi connectivity index (χ2v) is 10.9. The second kappa shape index (κ2) is 9.03. The number of nitrogens with zero attached hydrogens (tertiary/aromatic N) is 2. The van der Waals surface area contributed by atoms with Crippen molar-refractivity contribution in [2.45, 2.75) is 38.0 Å². The van der Waals surface area contributed by atoms with Crippen molar-refractivity contribution >= 4 is 33.2 Å². The lowest BCUT2D eigenvalue weighted by Gasteiger charge is -2.34. The molecule has 0 aliphatic carbocycles. The van der Waals surface area contributed by atoms with Crippen molar-refractivity contribution in [3.05, 3.63) is 54.1 Å². The Balaban J connectivity index is 1.46. The van der Waals surface area contributed by atoms with E-state index in [-0.39, 0.29) is 16.7 Å². The van der Waals surface area contributed by atoms with Crippen LogP contribution < -0.4 is 10.2 Å². The van der Waals surface area contributed by atoms with Gasteiger partial charge in [0.1, 0.15) is 0 Å². The molecule has 1 N–H and O–H groups in total. The highest BCUT2D eigenvalue weighted by atomic mass is 32.2. The summed E-state index contributed by atoms with van der Waals surface area (Å²) in [6.07, 6.45) is 2.38. The van der Waals surface area contributed by atoms with Crippen LogP contribution in [0.25, 0.3) is 0 Å². The fourth-order valence-electron chi connectivity index (χ4n) is 4.60. The zero-order valence-corrected chi connectivity index (χ0v) is 19.3. The summed E-state index contributed by atoms with van der Waals surface area (Å²) < 4.78 is 27.6. The summed E-state index contributed by atoms with van der Waals surface area (Å²) in [6, 6.07) is 13.3. The lowest BCUT2D eigenvalue weighted by atomic mass is 9.94. The molecule has 170 valence electrons. The molecule has 2 aromatic carbocycles. The van der Waals surface area contributed by atoms with Crippen LogP contribution in [0.5, 0.6) is 0 Å². The van der Waals surface area contributed by atoms with Gasteiger partial charge in [0.2, 0.25) is 15.9 Å². The van der Waals surface area contributed by atoms with Crippen LogP contribution in [0.15, 0.2) is 53.4 Å². The van der Waals surface area contributed by atoms with Gasteiger partial charge in [-0.25, -0.2) is 8.42 Å². The molecule has 2 aliphatic rings. The van der Waals surface area contributed by atoms with E-state index in [1.807, 2.05) is 6.07 Å². The number of benzene rings is 2. The number of piperidine rings is 1. The van der Waals surface area contributed by atoms with Crippen LogP contribution >= 0.6 is 0 Å². The third kappa shape index (κ3) is 4.71. The third-order valence-corrected chi connectivity index (χ3v) is 7.92. The molecule has 0 aromatic heterocycles. The molecule has 2 atom stereocenters. The van der Waals surface area contributed by atoms with E-state index in [1.54, 1.807) is 39.5 Å². The maximum atomic E-state index is 13.0. The molecule has 2 amide bonds. The van der Waals surface area contributed by atoms with Gasteiger partial charge in [0, 0.05) is 43.0 Å². The molecule has 4 rings (SSSR count). The SMILES string of the molecule is C[C@@H]1C[C@@H](C)CN(S(=O)(=O)c2ccc(NC(=O)c3cccc(N4CCCC4=O)c3)cc2)C1. The van der Waals surface area contributed by atoms with E-state index in [4.69, 9.17) is 0 Å². The van der Waals surface area contributed by atoms with Crippen LogP contribution in [-0.4, -0.2) is 44.2 Å². The van der Waals surface area contributed by atoms with E-state index in [1.165, 1.54) is 12.1 Å². The van der Waals surface area contributed by atoms with Gasteiger partial charge in [-0.3, -0.25) is 9.59 Å². The number of anilines is 2. The molecular formula is C24H29N3O4S.